The molecular formula is C13H12O2S. The van der Waals surface area contributed by atoms with Crippen LogP contribution in [0.2, 0.25) is 0 Å². The molecule has 0 saturated carbocycles. The van der Waals surface area contributed by atoms with Crippen molar-refractivity contribution in [2.24, 2.45) is 0 Å². The average molecular weight is 232 g/mol. The number of esters is 1. The molecule has 0 aliphatic heterocycles. The lowest BCUT2D eigenvalue weighted by Crippen LogP contribution is -2.05. The van der Waals surface area contributed by atoms with Crippen LogP contribution in [0.4, 0.5) is 0 Å². The van der Waals surface area contributed by atoms with Crippen LogP contribution in [0, 0.1) is 0 Å². The standard InChI is InChI=1S/C13H12O2S/c1-2-15-13(14)11-8-7-9-5-3-4-6-10(9)12(11)16/h3-8,16H,2H2,1H3. The predicted molar refractivity (Wildman–Crippen MR) is 67.2 cm³/mol. The van der Waals surface area contributed by atoms with Crippen LogP contribution >= 0.6 is 12.6 Å². The zero-order valence-electron chi connectivity index (χ0n) is 8.93. The zero-order chi connectivity index (χ0) is 11.5. The molecule has 82 valence electrons. The fourth-order valence-electron chi connectivity index (χ4n) is 1.63. The molecule has 0 bridgehead atoms. The van der Waals surface area contributed by atoms with Gasteiger partial charge in [0.1, 0.15) is 0 Å². The van der Waals surface area contributed by atoms with Gasteiger partial charge in [0.2, 0.25) is 0 Å². The quantitative estimate of drug-likeness (QED) is 0.635. The molecular weight excluding hydrogens is 220 g/mol. The second-order valence-electron chi connectivity index (χ2n) is 3.40. The molecule has 0 fully saturated rings. The van der Waals surface area contributed by atoms with Gasteiger partial charge in [-0.1, -0.05) is 30.3 Å². The van der Waals surface area contributed by atoms with Gasteiger partial charge in [-0.2, -0.15) is 0 Å². The van der Waals surface area contributed by atoms with E-state index in [0.717, 1.165) is 10.8 Å². The van der Waals surface area contributed by atoms with Crippen molar-refractivity contribution in [1.29, 1.82) is 0 Å². The molecule has 0 saturated heterocycles. The van der Waals surface area contributed by atoms with Crippen LogP contribution < -0.4 is 0 Å². The zero-order valence-corrected chi connectivity index (χ0v) is 9.83. The molecule has 0 amide bonds. The Kier molecular flexibility index (Phi) is 3.15. The summed E-state index contributed by atoms with van der Waals surface area (Å²) in [6.07, 6.45) is 0. The van der Waals surface area contributed by atoms with Crippen molar-refractivity contribution in [3.8, 4) is 0 Å². The van der Waals surface area contributed by atoms with Gasteiger partial charge in [0, 0.05) is 4.90 Å². The van der Waals surface area contributed by atoms with Gasteiger partial charge in [-0.15, -0.1) is 12.6 Å². The van der Waals surface area contributed by atoms with E-state index in [4.69, 9.17) is 4.74 Å². The summed E-state index contributed by atoms with van der Waals surface area (Å²) in [6.45, 7) is 2.16. The first-order chi connectivity index (χ1) is 7.74. The highest BCUT2D eigenvalue weighted by Gasteiger charge is 2.12. The largest absolute Gasteiger partial charge is 0.462 e. The molecule has 0 radical (unpaired) electrons. The Morgan fingerprint density at radius 1 is 1.25 bits per heavy atom. The molecule has 0 spiro atoms. The minimum Gasteiger partial charge on any atom is -0.462 e. The van der Waals surface area contributed by atoms with Gasteiger partial charge in [0.05, 0.1) is 12.2 Å². The molecule has 0 heterocycles. The SMILES string of the molecule is CCOC(=O)c1ccc2ccccc2c1S. The van der Waals surface area contributed by atoms with Crippen LogP contribution in [0.15, 0.2) is 41.3 Å². The number of fused-ring (bicyclic) bond motifs is 1. The lowest BCUT2D eigenvalue weighted by molar-refractivity contribution is 0.0522. The van der Waals surface area contributed by atoms with E-state index in [0.29, 0.717) is 17.1 Å². The molecule has 0 aliphatic rings. The predicted octanol–water partition coefficient (Wildman–Crippen LogP) is 3.31. The minimum absolute atomic E-state index is 0.321. The van der Waals surface area contributed by atoms with Crippen molar-refractivity contribution >= 4 is 29.4 Å². The van der Waals surface area contributed by atoms with Gasteiger partial charge in [-0.25, -0.2) is 4.79 Å². The Morgan fingerprint density at radius 2 is 2.00 bits per heavy atom. The first-order valence-corrected chi connectivity index (χ1v) is 5.56. The third kappa shape index (κ3) is 1.91. The van der Waals surface area contributed by atoms with Crippen molar-refractivity contribution in [3.05, 3.63) is 42.0 Å². The Bertz CT molecular complexity index is 534. The van der Waals surface area contributed by atoms with Crippen molar-refractivity contribution in [2.75, 3.05) is 6.61 Å². The lowest BCUT2D eigenvalue weighted by Gasteiger charge is -2.07. The Morgan fingerprint density at radius 3 is 2.75 bits per heavy atom. The second-order valence-corrected chi connectivity index (χ2v) is 3.85. The summed E-state index contributed by atoms with van der Waals surface area (Å²) in [5, 5.41) is 2.04. The summed E-state index contributed by atoms with van der Waals surface area (Å²) >= 11 is 4.40. The number of hydrogen-bond acceptors (Lipinski definition) is 3. The third-order valence-corrected chi connectivity index (χ3v) is 2.88. The van der Waals surface area contributed by atoms with E-state index in [1.807, 2.05) is 30.3 Å². The highest BCUT2D eigenvalue weighted by molar-refractivity contribution is 7.80. The van der Waals surface area contributed by atoms with E-state index in [1.54, 1.807) is 13.0 Å². The van der Waals surface area contributed by atoms with Crippen LogP contribution in [-0.2, 0) is 4.74 Å². The highest BCUT2D eigenvalue weighted by atomic mass is 32.1. The van der Waals surface area contributed by atoms with Crippen molar-refractivity contribution in [3.63, 3.8) is 0 Å². The maximum Gasteiger partial charge on any atom is 0.339 e. The van der Waals surface area contributed by atoms with Gasteiger partial charge in [-0.05, 0) is 23.8 Å². The highest BCUT2D eigenvalue weighted by Crippen LogP contribution is 2.26. The first kappa shape index (κ1) is 11.0. The molecule has 0 N–H and O–H groups in total. The van der Waals surface area contributed by atoms with Crippen LogP contribution in [0.5, 0.6) is 0 Å². The van der Waals surface area contributed by atoms with Gasteiger partial charge in [-0.3, -0.25) is 0 Å². The maximum absolute atomic E-state index is 11.6. The minimum atomic E-state index is -0.321. The average Bonchev–Trinajstić information content (AvgIpc) is 2.30. The maximum atomic E-state index is 11.6. The first-order valence-electron chi connectivity index (χ1n) is 5.12. The number of hydrogen-bond donors (Lipinski definition) is 1. The van der Waals surface area contributed by atoms with Crippen LogP contribution in [0.1, 0.15) is 17.3 Å². The third-order valence-electron chi connectivity index (χ3n) is 2.40. The fraction of sp³-hybridized carbons (Fsp3) is 0.154. The van der Waals surface area contributed by atoms with Gasteiger partial charge >= 0.3 is 5.97 Å². The van der Waals surface area contributed by atoms with Crippen molar-refractivity contribution in [1.82, 2.24) is 0 Å². The van der Waals surface area contributed by atoms with E-state index in [2.05, 4.69) is 12.6 Å². The summed E-state index contributed by atoms with van der Waals surface area (Å²) in [5.74, 6) is -0.321. The molecule has 16 heavy (non-hydrogen) atoms. The van der Waals surface area contributed by atoms with Crippen LogP contribution in [0.25, 0.3) is 10.8 Å². The number of benzene rings is 2. The molecule has 0 aromatic heterocycles. The van der Waals surface area contributed by atoms with Crippen molar-refractivity contribution < 1.29 is 9.53 Å². The summed E-state index contributed by atoms with van der Waals surface area (Å²) < 4.78 is 4.97. The van der Waals surface area contributed by atoms with E-state index in [1.165, 1.54) is 0 Å². The molecule has 2 aromatic carbocycles. The number of carbonyl (C=O) groups is 1. The molecule has 0 atom stereocenters. The summed E-state index contributed by atoms with van der Waals surface area (Å²) in [5.41, 5.74) is 0.517. The fourth-order valence-corrected chi connectivity index (χ4v) is 2.00. The van der Waals surface area contributed by atoms with Gasteiger partial charge in [0.15, 0.2) is 0 Å². The molecule has 2 nitrogen and oxygen atoms in total. The normalized spacial score (nSPS) is 10.4. The van der Waals surface area contributed by atoms with E-state index >= 15 is 0 Å². The molecule has 0 unspecified atom stereocenters. The second kappa shape index (κ2) is 4.58. The van der Waals surface area contributed by atoms with E-state index in [-0.39, 0.29) is 5.97 Å². The number of ether oxygens (including phenoxy) is 1. The summed E-state index contributed by atoms with van der Waals surface area (Å²) in [7, 11) is 0. The Balaban J connectivity index is 2.56. The summed E-state index contributed by atoms with van der Waals surface area (Å²) in [4.78, 5) is 12.3. The van der Waals surface area contributed by atoms with E-state index in [9.17, 15) is 4.79 Å². The molecule has 3 heteroatoms. The molecule has 0 aliphatic carbocycles. The van der Waals surface area contributed by atoms with Crippen LogP contribution in [0.3, 0.4) is 0 Å². The van der Waals surface area contributed by atoms with Gasteiger partial charge < -0.3 is 4.74 Å². The lowest BCUT2D eigenvalue weighted by atomic mass is 10.1. The summed E-state index contributed by atoms with van der Waals surface area (Å²) in [6, 6.07) is 11.5. The monoisotopic (exact) mass is 232 g/mol. The van der Waals surface area contributed by atoms with Crippen molar-refractivity contribution in [2.45, 2.75) is 11.8 Å². The Hall–Kier alpha value is -1.48. The molecule has 2 rings (SSSR count). The smallest absolute Gasteiger partial charge is 0.339 e. The topological polar surface area (TPSA) is 26.3 Å². The Labute approximate surface area is 99.6 Å². The van der Waals surface area contributed by atoms with Gasteiger partial charge in [0.25, 0.3) is 0 Å². The van der Waals surface area contributed by atoms with E-state index < -0.39 is 0 Å². The number of rotatable bonds is 2. The number of carbonyl (C=O) groups excluding carboxylic acids is 1. The number of thiol groups is 1. The van der Waals surface area contributed by atoms with Crippen LogP contribution in [-0.4, -0.2) is 12.6 Å². The molecule has 2 aromatic rings.